The monoisotopic (exact) mass is 396 g/mol. The molecule has 2 unspecified atom stereocenters. The van der Waals surface area contributed by atoms with E-state index in [0.717, 1.165) is 46.0 Å². The van der Waals surface area contributed by atoms with Crippen LogP contribution in [0.25, 0.3) is 15.7 Å². The molecule has 7 heteroatoms. The van der Waals surface area contributed by atoms with Crippen molar-refractivity contribution in [1.82, 2.24) is 19.4 Å². The summed E-state index contributed by atoms with van der Waals surface area (Å²) < 4.78 is 2.06. The van der Waals surface area contributed by atoms with Crippen LogP contribution in [-0.4, -0.2) is 19.4 Å². The number of pyridine rings is 1. The molecule has 4 aromatic heterocycles. The van der Waals surface area contributed by atoms with Crippen molar-refractivity contribution >= 4 is 38.8 Å². The second-order valence-electron chi connectivity index (χ2n) is 7.28. The molecule has 5 nitrogen and oxygen atoms in total. The van der Waals surface area contributed by atoms with E-state index in [1.807, 2.05) is 30.6 Å². The molecule has 0 fully saturated rings. The molecule has 1 aliphatic rings. The Kier molecular flexibility index (Phi) is 4.09. The lowest BCUT2D eigenvalue weighted by atomic mass is 9.89. The molecule has 4 aromatic rings. The number of nitrogens with one attached hydrogen (secondary N) is 1. The number of fused-ring (bicyclic) bond motifs is 4. The fourth-order valence-corrected chi connectivity index (χ4v) is 6.10. The van der Waals surface area contributed by atoms with E-state index in [0.29, 0.717) is 5.92 Å². The third-order valence-electron chi connectivity index (χ3n) is 5.26. The second kappa shape index (κ2) is 6.49. The molecule has 4 heterocycles. The quantitative estimate of drug-likeness (QED) is 0.514. The molecule has 5 rings (SSSR count). The van der Waals surface area contributed by atoms with Gasteiger partial charge in [-0.15, -0.1) is 11.3 Å². The maximum absolute atomic E-state index is 12.8. The van der Waals surface area contributed by atoms with Gasteiger partial charge in [0, 0.05) is 11.1 Å². The number of H-pyrrole nitrogens is 1. The summed E-state index contributed by atoms with van der Waals surface area (Å²) in [5, 5.41) is 1.72. The number of thiophene rings is 1. The van der Waals surface area contributed by atoms with Crippen LogP contribution < -0.4 is 5.56 Å². The van der Waals surface area contributed by atoms with E-state index < -0.39 is 0 Å². The number of thioether (sulfide) groups is 1. The Hall–Kier alpha value is -2.12. The van der Waals surface area contributed by atoms with Gasteiger partial charge < -0.3 is 4.98 Å². The number of aryl methyl sites for hydroxylation is 1. The molecule has 0 amide bonds. The standard InChI is InChI=1S/C20H20N4OS2/c1-11-6-7-14-15(9-11)27-19-16(14)18(25)22-17(23-19)12(2)26-20-21-10-13-5-3-4-8-24(13)20/h3-5,8,10-12H,6-7,9H2,1-2H3,(H,22,23,25). The summed E-state index contributed by atoms with van der Waals surface area (Å²) in [4.78, 5) is 27.4. The number of imidazole rings is 1. The van der Waals surface area contributed by atoms with Gasteiger partial charge in [0.1, 0.15) is 10.7 Å². The van der Waals surface area contributed by atoms with Gasteiger partial charge in [-0.2, -0.15) is 0 Å². The number of nitrogens with zero attached hydrogens (tertiary/aromatic N) is 3. The summed E-state index contributed by atoms with van der Waals surface area (Å²) in [6.45, 7) is 4.35. The molecule has 1 N–H and O–H groups in total. The Bertz CT molecular complexity index is 1210. The zero-order valence-electron chi connectivity index (χ0n) is 15.2. The van der Waals surface area contributed by atoms with Crippen molar-refractivity contribution in [2.24, 2.45) is 5.92 Å². The molecule has 0 radical (unpaired) electrons. The van der Waals surface area contributed by atoms with E-state index in [1.54, 1.807) is 23.1 Å². The van der Waals surface area contributed by atoms with Crippen molar-refractivity contribution in [1.29, 1.82) is 0 Å². The van der Waals surface area contributed by atoms with Crippen LogP contribution in [0.3, 0.4) is 0 Å². The minimum atomic E-state index is 0.00230. The average molecular weight is 397 g/mol. The van der Waals surface area contributed by atoms with Crippen LogP contribution >= 0.6 is 23.1 Å². The van der Waals surface area contributed by atoms with Gasteiger partial charge in [-0.05, 0) is 49.8 Å². The van der Waals surface area contributed by atoms with Gasteiger partial charge >= 0.3 is 0 Å². The Labute approximate surface area is 164 Å². The Balaban J connectivity index is 1.52. The lowest BCUT2D eigenvalue weighted by molar-refractivity contribution is 0.509. The van der Waals surface area contributed by atoms with Crippen LogP contribution in [-0.2, 0) is 12.8 Å². The Morgan fingerprint density at radius 3 is 3.19 bits per heavy atom. The average Bonchev–Trinajstić information content (AvgIpc) is 3.22. The first-order valence-corrected chi connectivity index (χ1v) is 10.9. The highest BCUT2D eigenvalue weighted by atomic mass is 32.2. The Morgan fingerprint density at radius 1 is 1.41 bits per heavy atom. The van der Waals surface area contributed by atoms with Crippen molar-refractivity contribution in [3.8, 4) is 0 Å². The topological polar surface area (TPSA) is 63.1 Å². The molecule has 0 aromatic carbocycles. The summed E-state index contributed by atoms with van der Waals surface area (Å²) in [6.07, 6.45) is 7.08. The molecule has 138 valence electrons. The molecular weight excluding hydrogens is 376 g/mol. The van der Waals surface area contributed by atoms with Crippen molar-refractivity contribution in [3.63, 3.8) is 0 Å². The van der Waals surface area contributed by atoms with E-state index in [1.165, 1.54) is 10.4 Å². The van der Waals surface area contributed by atoms with E-state index in [2.05, 4.69) is 28.2 Å². The lowest BCUT2D eigenvalue weighted by Crippen LogP contribution is -2.15. The van der Waals surface area contributed by atoms with Crippen molar-refractivity contribution in [2.75, 3.05) is 0 Å². The largest absolute Gasteiger partial charge is 0.309 e. The van der Waals surface area contributed by atoms with Gasteiger partial charge in [-0.1, -0.05) is 24.8 Å². The Morgan fingerprint density at radius 2 is 2.30 bits per heavy atom. The molecule has 0 spiro atoms. The third kappa shape index (κ3) is 2.89. The fraction of sp³-hybridized carbons (Fsp3) is 0.350. The maximum Gasteiger partial charge on any atom is 0.259 e. The number of rotatable bonds is 3. The molecule has 1 aliphatic carbocycles. The number of hydrogen-bond donors (Lipinski definition) is 1. The minimum Gasteiger partial charge on any atom is -0.309 e. The smallest absolute Gasteiger partial charge is 0.259 e. The summed E-state index contributed by atoms with van der Waals surface area (Å²) >= 11 is 3.31. The molecule has 27 heavy (non-hydrogen) atoms. The van der Waals surface area contributed by atoms with Gasteiger partial charge in [0.2, 0.25) is 0 Å². The first-order chi connectivity index (χ1) is 13.1. The predicted octanol–water partition coefficient (Wildman–Crippen LogP) is 4.61. The van der Waals surface area contributed by atoms with E-state index in [-0.39, 0.29) is 10.8 Å². The summed E-state index contributed by atoms with van der Waals surface area (Å²) in [7, 11) is 0. The second-order valence-corrected chi connectivity index (χ2v) is 9.67. The molecule has 0 saturated carbocycles. The normalized spacial score (nSPS) is 18.1. The van der Waals surface area contributed by atoms with Crippen LogP contribution in [0.2, 0.25) is 0 Å². The third-order valence-corrected chi connectivity index (χ3v) is 7.49. The molecular formula is C20H20N4OS2. The van der Waals surface area contributed by atoms with Gasteiger partial charge in [0.15, 0.2) is 5.16 Å². The van der Waals surface area contributed by atoms with Crippen LogP contribution in [0.1, 0.15) is 41.8 Å². The van der Waals surface area contributed by atoms with Gasteiger partial charge in [-0.3, -0.25) is 9.20 Å². The molecule has 0 bridgehead atoms. The summed E-state index contributed by atoms with van der Waals surface area (Å²) in [6, 6.07) is 6.03. The van der Waals surface area contributed by atoms with Gasteiger partial charge in [-0.25, -0.2) is 9.97 Å². The van der Waals surface area contributed by atoms with Crippen LogP contribution in [0.5, 0.6) is 0 Å². The van der Waals surface area contributed by atoms with Gasteiger partial charge in [0.25, 0.3) is 5.56 Å². The highest BCUT2D eigenvalue weighted by Gasteiger charge is 2.24. The highest BCUT2D eigenvalue weighted by Crippen LogP contribution is 2.37. The summed E-state index contributed by atoms with van der Waals surface area (Å²) in [5.74, 6) is 1.41. The van der Waals surface area contributed by atoms with Crippen LogP contribution in [0.4, 0.5) is 0 Å². The number of aromatic amines is 1. The molecule has 0 aliphatic heterocycles. The number of aromatic nitrogens is 4. The fourth-order valence-electron chi connectivity index (χ4n) is 3.78. The van der Waals surface area contributed by atoms with Crippen molar-refractivity contribution in [3.05, 3.63) is 57.2 Å². The van der Waals surface area contributed by atoms with E-state index in [4.69, 9.17) is 4.98 Å². The van der Waals surface area contributed by atoms with Crippen LogP contribution in [0, 0.1) is 5.92 Å². The maximum atomic E-state index is 12.8. The zero-order chi connectivity index (χ0) is 18.5. The minimum absolute atomic E-state index is 0.00230. The van der Waals surface area contributed by atoms with E-state index in [9.17, 15) is 4.79 Å². The predicted molar refractivity (Wildman–Crippen MR) is 111 cm³/mol. The van der Waals surface area contributed by atoms with Gasteiger partial charge in [0.05, 0.1) is 22.3 Å². The van der Waals surface area contributed by atoms with Crippen LogP contribution in [0.15, 0.2) is 40.5 Å². The summed E-state index contributed by atoms with van der Waals surface area (Å²) in [5.41, 5.74) is 2.29. The molecule has 2 atom stereocenters. The lowest BCUT2D eigenvalue weighted by Gasteiger charge is -2.17. The van der Waals surface area contributed by atoms with Crippen molar-refractivity contribution < 1.29 is 0 Å². The SMILES string of the molecule is CC1CCc2c(sc3nc(C(C)Sc4ncc5ccccn45)[nH]c(=O)c23)C1. The van der Waals surface area contributed by atoms with E-state index >= 15 is 0 Å². The molecule has 0 saturated heterocycles. The number of hydrogen-bond acceptors (Lipinski definition) is 5. The zero-order valence-corrected chi connectivity index (χ0v) is 16.9. The first-order valence-electron chi connectivity index (χ1n) is 9.23. The first kappa shape index (κ1) is 17.0. The highest BCUT2D eigenvalue weighted by molar-refractivity contribution is 7.99. The van der Waals surface area contributed by atoms with Crippen molar-refractivity contribution in [2.45, 2.75) is 43.5 Å².